The summed E-state index contributed by atoms with van der Waals surface area (Å²) in [5.74, 6) is 1.30. The van der Waals surface area contributed by atoms with E-state index in [-0.39, 0.29) is 11.6 Å². The van der Waals surface area contributed by atoms with E-state index in [2.05, 4.69) is 23.8 Å². The molecule has 0 aliphatic heterocycles. The summed E-state index contributed by atoms with van der Waals surface area (Å²) < 4.78 is 5.52. The van der Waals surface area contributed by atoms with Gasteiger partial charge in [0.05, 0.1) is 18.5 Å². The molecule has 5 heteroatoms. The Balaban J connectivity index is 2.91. The monoisotopic (exact) mass is 238 g/mol. The van der Waals surface area contributed by atoms with Crippen LogP contribution in [0.15, 0.2) is 12.4 Å². The molecule has 5 nitrogen and oxygen atoms in total. The standard InChI is InChI=1S/C12H22N4O/c1-9(2)17-11-7-14-6-10(15-11)16(5)12(3,4)8-13/h6-7,9H,8,13H2,1-5H3. The molecule has 96 valence electrons. The highest BCUT2D eigenvalue weighted by Crippen LogP contribution is 2.20. The van der Waals surface area contributed by atoms with Gasteiger partial charge in [0, 0.05) is 19.1 Å². The van der Waals surface area contributed by atoms with E-state index >= 15 is 0 Å². The lowest BCUT2D eigenvalue weighted by atomic mass is 10.0. The molecule has 0 fully saturated rings. The molecule has 0 aliphatic carbocycles. The molecule has 1 aromatic heterocycles. The average molecular weight is 238 g/mol. The normalized spacial score (nSPS) is 11.7. The minimum absolute atomic E-state index is 0.0902. The van der Waals surface area contributed by atoms with Crippen LogP contribution in [0.3, 0.4) is 0 Å². The Labute approximate surface area is 103 Å². The fourth-order valence-corrected chi connectivity index (χ4v) is 1.25. The van der Waals surface area contributed by atoms with Crippen molar-refractivity contribution in [3.8, 4) is 5.88 Å². The summed E-state index contributed by atoms with van der Waals surface area (Å²) in [6.07, 6.45) is 3.42. The molecule has 0 spiro atoms. The fraction of sp³-hybridized carbons (Fsp3) is 0.667. The summed E-state index contributed by atoms with van der Waals surface area (Å²) in [7, 11) is 1.95. The summed E-state index contributed by atoms with van der Waals surface area (Å²) in [4.78, 5) is 10.6. The average Bonchev–Trinajstić information content (AvgIpc) is 2.27. The molecule has 2 N–H and O–H groups in total. The predicted octanol–water partition coefficient (Wildman–Crippen LogP) is 1.44. The Morgan fingerprint density at radius 3 is 2.59 bits per heavy atom. The number of hydrogen-bond acceptors (Lipinski definition) is 5. The van der Waals surface area contributed by atoms with Crippen molar-refractivity contribution in [2.24, 2.45) is 5.73 Å². The number of rotatable bonds is 5. The lowest BCUT2D eigenvalue weighted by molar-refractivity contribution is 0.231. The number of hydrogen-bond donors (Lipinski definition) is 1. The maximum absolute atomic E-state index is 5.74. The van der Waals surface area contributed by atoms with Crippen molar-refractivity contribution >= 4 is 5.82 Å². The Morgan fingerprint density at radius 2 is 2.06 bits per heavy atom. The molecular weight excluding hydrogens is 216 g/mol. The van der Waals surface area contributed by atoms with Gasteiger partial charge in [-0.25, -0.2) is 0 Å². The second kappa shape index (κ2) is 5.31. The lowest BCUT2D eigenvalue weighted by Gasteiger charge is -2.35. The van der Waals surface area contributed by atoms with Crippen LogP contribution in [0, 0.1) is 0 Å². The van der Waals surface area contributed by atoms with E-state index in [1.165, 1.54) is 0 Å². The summed E-state index contributed by atoms with van der Waals surface area (Å²) in [6, 6.07) is 0. The molecule has 0 radical (unpaired) electrons. The molecule has 0 bridgehead atoms. The zero-order valence-electron chi connectivity index (χ0n) is 11.3. The summed E-state index contributed by atoms with van der Waals surface area (Å²) in [6.45, 7) is 8.58. The van der Waals surface area contributed by atoms with Gasteiger partial charge < -0.3 is 15.4 Å². The van der Waals surface area contributed by atoms with E-state index in [1.54, 1.807) is 12.4 Å². The quantitative estimate of drug-likeness (QED) is 0.841. The van der Waals surface area contributed by atoms with Gasteiger partial charge in [-0.1, -0.05) is 0 Å². The molecule has 0 unspecified atom stereocenters. The Kier molecular flexibility index (Phi) is 4.28. The van der Waals surface area contributed by atoms with Gasteiger partial charge in [0.1, 0.15) is 0 Å². The van der Waals surface area contributed by atoms with Gasteiger partial charge >= 0.3 is 0 Å². The first kappa shape index (κ1) is 13.7. The third-order valence-corrected chi connectivity index (χ3v) is 2.71. The molecule has 0 atom stereocenters. The van der Waals surface area contributed by atoms with E-state index in [0.29, 0.717) is 12.4 Å². The van der Waals surface area contributed by atoms with Crippen LogP contribution in [0.1, 0.15) is 27.7 Å². The molecule has 0 saturated carbocycles. The molecule has 1 rings (SSSR count). The van der Waals surface area contributed by atoms with Crippen LogP contribution in [0.2, 0.25) is 0 Å². The van der Waals surface area contributed by atoms with Crippen molar-refractivity contribution in [2.75, 3.05) is 18.5 Å². The van der Waals surface area contributed by atoms with Crippen LogP contribution in [0.25, 0.3) is 0 Å². The van der Waals surface area contributed by atoms with Crippen molar-refractivity contribution in [2.45, 2.75) is 39.3 Å². The molecule has 1 aromatic rings. The molecule has 0 saturated heterocycles. The van der Waals surface area contributed by atoms with Gasteiger partial charge in [0.2, 0.25) is 5.88 Å². The Morgan fingerprint density at radius 1 is 1.41 bits per heavy atom. The summed E-state index contributed by atoms with van der Waals surface area (Å²) in [5, 5.41) is 0. The van der Waals surface area contributed by atoms with E-state index in [9.17, 15) is 0 Å². The highest BCUT2D eigenvalue weighted by atomic mass is 16.5. The number of aromatic nitrogens is 2. The topological polar surface area (TPSA) is 64.3 Å². The third-order valence-electron chi connectivity index (χ3n) is 2.71. The van der Waals surface area contributed by atoms with Crippen LogP contribution in [-0.4, -0.2) is 35.2 Å². The molecule has 0 amide bonds. The van der Waals surface area contributed by atoms with Crippen LogP contribution < -0.4 is 15.4 Å². The second-order valence-electron chi connectivity index (χ2n) is 4.96. The fourth-order valence-electron chi connectivity index (χ4n) is 1.25. The first-order chi connectivity index (χ1) is 7.86. The first-order valence-electron chi connectivity index (χ1n) is 5.79. The molecule has 0 aromatic carbocycles. The van der Waals surface area contributed by atoms with Gasteiger partial charge in [-0.2, -0.15) is 4.98 Å². The van der Waals surface area contributed by atoms with Crippen molar-refractivity contribution in [1.29, 1.82) is 0 Å². The smallest absolute Gasteiger partial charge is 0.234 e. The largest absolute Gasteiger partial charge is 0.474 e. The van der Waals surface area contributed by atoms with Gasteiger partial charge in [-0.15, -0.1) is 0 Å². The minimum Gasteiger partial charge on any atom is -0.474 e. The maximum Gasteiger partial charge on any atom is 0.234 e. The van der Waals surface area contributed by atoms with Crippen molar-refractivity contribution in [1.82, 2.24) is 9.97 Å². The van der Waals surface area contributed by atoms with Crippen LogP contribution >= 0.6 is 0 Å². The van der Waals surface area contributed by atoms with E-state index in [0.717, 1.165) is 5.82 Å². The van der Waals surface area contributed by atoms with Gasteiger partial charge in [0.25, 0.3) is 0 Å². The maximum atomic E-state index is 5.74. The van der Waals surface area contributed by atoms with Crippen LogP contribution in [0.5, 0.6) is 5.88 Å². The number of nitrogens with two attached hydrogens (primary N) is 1. The highest BCUT2D eigenvalue weighted by molar-refractivity contribution is 5.39. The Bertz CT molecular complexity index is 365. The summed E-state index contributed by atoms with van der Waals surface area (Å²) >= 11 is 0. The second-order valence-corrected chi connectivity index (χ2v) is 4.96. The molecule has 17 heavy (non-hydrogen) atoms. The highest BCUT2D eigenvalue weighted by Gasteiger charge is 2.23. The van der Waals surface area contributed by atoms with E-state index in [4.69, 9.17) is 10.5 Å². The number of ether oxygens (including phenoxy) is 1. The first-order valence-corrected chi connectivity index (χ1v) is 5.79. The van der Waals surface area contributed by atoms with E-state index < -0.39 is 0 Å². The van der Waals surface area contributed by atoms with Crippen molar-refractivity contribution in [3.63, 3.8) is 0 Å². The lowest BCUT2D eigenvalue weighted by Crippen LogP contribution is -2.47. The van der Waals surface area contributed by atoms with E-state index in [1.807, 2.05) is 25.8 Å². The number of anilines is 1. The van der Waals surface area contributed by atoms with Gasteiger partial charge in [0.15, 0.2) is 5.82 Å². The van der Waals surface area contributed by atoms with Crippen molar-refractivity contribution < 1.29 is 4.74 Å². The van der Waals surface area contributed by atoms with Gasteiger partial charge in [-0.05, 0) is 27.7 Å². The Hall–Kier alpha value is -1.36. The molecule has 0 aliphatic rings. The number of likely N-dealkylation sites (N-methyl/N-ethyl adjacent to an activating group) is 1. The van der Waals surface area contributed by atoms with Gasteiger partial charge in [-0.3, -0.25) is 4.98 Å². The van der Waals surface area contributed by atoms with Crippen molar-refractivity contribution in [3.05, 3.63) is 12.4 Å². The minimum atomic E-state index is -0.162. The number of nitrogens with zero attached hydrogens (tertiary/aromatic N) is 3. The SMILES string of the molecule is CC(C)Oc1cncc(N(C)C(C)(C)CN)n1. The van der Waals surface area contributed by atoms with Crippen LogP contribution in [0.4, 0.5) is 5.82 Å². The zero-order chi connectivity index (χ0) is 13.1. The summed E-state index contributed by atoms with van der Waals surface area (Å²) in [5.41, 5.74) is 5.58. The van der Waals surface area contributed by atoms with Crippen LogP contribution in [-0.2, 0) is 0 Å². The predicted molar refractivity (Wildman–Crippen MR) is 69.3 cm³/mol. The zero-order valence-corrected chi connectivity index (χ0v) is 11.3. The molecule has 1 heterocycles. The third kappa shape index (κ3) is 3.56. The molecular formula is C12H22N4O.